The molecule has 0 saturated carbocycles. The number of esters is 1. The molecule has 4 aromatic rings. The van der Waals surface area contributed by atoms with Crippen LogP contribution in [0.1, 0.15) is 29.3 Å². The van der Waals surface area contributed by atoms with Crippen LogP contribution in [0.15, 0.2) is 54.9 Å². The lowest BCUT2D eigenvalue weighted by atomic mass is 10.00. The molecule has 0 bridgehead atoms. The number of nitrogens with zero attached hydrogens (tertiary/aromatic N) is 2. The normalized spacial score (nSPS) is 11.5. The van der Waals surface area contributed by atoms with Crippen LogP contribution in [-0.4, -0.2) is 42.0 Å². The van der Waals surface area contributed by atoms with Crippen molar-refractivity contribution in [1.29, 1.82) is 0 Å². The van der Waals surface area contributed by atoms with Gasteiger partial charge in [-0.2, -0.15) is 0 Å². The number of ketones is 1. The molecule has 0 spiro atoms. The maximum absolute atomic E-state index is 15.4. The van der Waals surface area contributed by atoms with Crippen molar-refractivity contribution in [2.24, 2.45) is 5.73 Å². The van der Waals surface area contributed by atoms with Gasteiger partial charge in [0, 0.05) is 28.4 Å². The number of fused-ring (bicyclic) bond motifs is 1. The Bertz CT molecular complexity index is 1670. The largest absolute Gasteiger partial charge is 0.443 e. The third-order valence-electron chi connectivity index (χ3n) is 5.72. The molecular weight excluding hydrogens is 554 g/mol. The van der Waals surface area contributed by atoms with Gasteiger partial charge in [-0.25, -0.2) is 22.2 Å². The smallest absolute Gasteiger partial charge is 0.321 e. The zero-order valence-corrected chi connectivity index (χ0v) is 22.2. The topological polar surface area (TPSA) is 133 Å². The number of halogens is 3. The summed E-state index contributed by atoms with van der Waals surface area (Å²) in [4.78, 5) is 29.6. The van der Waals surface area contributed by atoms with E-state index in [1.807, 2.05) is 0 Å². The minimum absolute atomic E-state index is 0.150. The second kappa shape index (κ2) is 11.5. The Morgan fingerprint density at radius 2 is 1.85 bits per heavy atom. The molecule has 204 valence electrons. The molecule has 3 N–H and O–H groups in total. The molecule has 0 radical (unpaired) electrons. The van der Waals surface area contributed by atoms with Crippen LogP contribution < -0.4 is 10.5 Å². The Morgan fingerprint density at radius 1 is 1.13 bits per heavy atom. The van der Waals surface area contributed by atoms with Crippen molar-refractivity contribution in [3.05, 3.63) is 82.6 Å². The van der Waals surface area contributed by atoms with Gasteiger partial charge in [0.05, 0.1) is 29.1 Å². The minimum Gasteiger partial charge on any atom is -0.443 e. The predicted octanol–water partition coefficient (Wildman–Crippen LogP) is 4.48. The first-order chi connectivity index (χ1) is 18.5. The van der Waals surface area contributed by atoms with Crippen LogP contribution in [0.25, 0.3) is 22.2 Å². The van der Waals surface area contributed by atoms with Crippen LogP contribution in [0.2, 0.25) is 5.02 Å². The number of sulfonamides is 1. The summed E-state index contributed by atoms with van der Waals surface area (Å²) < 4.78 is 63.1. The van der Waals surface area contributed by atoms with Crippen LogP contribution in [0, 0.1) is 11.6 Å². The number of ether oxygens (including phenoxy) is 1. The van der Waals surface area contributed by atoms with Gasteiger partial charge in [-0.3, -0.25) is 18.9 Å². The van der Waals surface area contributed by atoms with Crippen molar-refractivity contribution in [2.75, 3.05) is 17.0 Å². The van der Waals surface area contributed by atoms with Crippen molar-refractivity contribution in [1.82, 2.24) is 9.55 Å². The third kappa shape index (κ3) is 6.08. The van der Waals surface area contributed by atoms with E-state index >= 15 is 4.39 Å². The fourth-order valence-corrected chi connectivity index (χ4v) is 5.17. The quantitative estimate of drug-likeness (QED) is 0.210. The summed E-state index contributed by atoms with van der Waals surface area (Å²) in [5, 5.41) is 0.726. The predicted molar refractivity (Wildman–Crippen MR) is 143 cm³/mol. The first-order valence-corrected chi connectivity index (χ1v) is 13.7. The zero-order valence-electron chi connectivity index (χ0n) is 20.6. The highest BCUT2D eigenvalue weighted by Crippen LogP contribution is 2.31. The number of nitrogens with one attached hydrogen (secondary N) is 1. The first-order valence-electron chi connectivity index (χ1n) is 11.7. The van der Waals surface area contributed by atoms with E-state index in [1.165, 1.54) is 17.0 Å². The van der Waals surface area contributed by atoms with Gasteiger partial charge in [-0.15, -0.1) is 0 Å². The molecular formula is C26H23ClF2N4O5S. The average Bonchev–Trinajstić information content (AvgIpc) is 3.27. The zero-order chi connectivity index (χ0) is 28.3. The number of nitrogens with two attached hydrogens (primary N) is 1. The van der Waals surface area contributed by atoms with E-state index < -0.39 is 44.7 Å². The Kier molecular flexibility index (Phi) is 8.28. The van der Waals surface area contributed by atoms with Gasteiger partial charge in [0.2, 0.25) is 15.8 Å². The lowest BCUT2D eigenvalue weighted by Crippen LogP contribution is -2.19. The molecule has 0 aliphatic rings. The van der Waals surface area contributed by atoms with Crippen molar-refractivity contribution in [2.45, 2.75) is 20.1 Å². The summed E-state index contributed by atoms with van der Waals surface area (Å²) in [5.74, 6) is -4.62. The van der Waals surface area contributed by atoms with E-state index in [0.717, 1.165) is 12.1 Å². The van der Waals surface area contributed by atoms with Crippen LogP contribution in [-0.2, 0) is 26.3 Å². The molecule has 39 heavy (non-hydrogen) atoms. The molecule has 0 saturated heterocycles. The van der Waals surface area contributed by atoms with Crippen molar-refractivity contribution < 1.29 is 31.5 Å². The molecule has 9 nitrogen and oxygen atoms in total. The van der Waals surface area contributed by atoms with E-state index in [9.17, 15) is 22.4 Å². The van der Waals surface area contributed by atoms with Gasteiger partial charge in [0.1, 0.15) is 11.5 Å². The monoisotopic (exact) mass is 576 g/mol. The lowest BCUT2D eigenvalue weighted by Gasteiger charge is -2.11. The minimum atomic E-state index is -3.92. The van der Waals surface area contributed by atoms with E-state index in [-0.39, 0.29) is 42.0 Å². The third-order valence-corrected chi connectivity index (χ3v) is 7.45. The average molecular weight is 577 g/mol. The van der Waals surface area contributed by atoms with Gasteiger partial charge in [-0.1, -0.05) is 30.7 Å². The fourth-order valence-electron chi connectivity index (χ4n) is 3.91. The van der Waals surface area contributed by atoms with Gasteiger partial charge >= 0.3 is 5.97 Å². The maximum atomic E-state index is 15.4. The van der Waals surface area contributed by atoms with Crippen molar-refractivity contribution >= 4 is 50.1 Å². The molecule has 0 aliphatic heterocycles. The summed E-state index contributed by atoms with van der Waals surface area (Å²) in [6.07, 6.45) is 3.04. The molecule has 0 atom stereocenters. The molecule has 2 aromatic carbocycles. The first kappa shape index (κ1) is 28.1. The van der Waals surface area contributed by atoms with Gasteiger partial charge in [0.15, 0.2) is 12.5 Å². The maximum Gasteiger partial charge on any atom is 0.321 e. The summed E-state index contributed by atoms with van der Waals surface area (Å²) >= 11 is 5.98. The fraction of sp³-hybridized carbons (Fsp3) is 0.192. The highest BCUT2D eigenvalue weighted by atomic mass is 35.5. The van der Waals surface area contributed by atoms with Gasteiger partial charge < -0.3 is 10.5 Å². The summed E-state index contributed by atoms with van der Waals surface area (Å²) in [5.41, 5.74) is 5.10. The molecule has 0 amide bonds. The molecule has 4 rings (SSSR count). The Morgan fingerprint density at radius 3 is 2.51 bits per heavy atom. The van der Waals surface area contributed by atoms with Gasteiger partial charge in [-0.05, 0) is 42.3 Å². The van der Waals surface area contributed by atoms with E-state index in [2.05, 4.69) is 9.71 Å². The Balaban J connectivity index is 1.85. The number of pyridine rings is 1. The Hall–Kier alpha value is -3.87. The van der Waals surface area contributed by atoms with Crippen molar-refractivity contribution in [3.8, 4) is 11.1 Å². The van der Waals surface area contributed by atoms with Crippen LogP contribution in [0.5, 0.6) is 0 Å². The van der Waals surface area contributed by atoms with E-state index in [4.69, 9.17) is 22.1 Å². The summed E-state index contributed by atoms with van der Waals surface area (Å²) in [7, 11) is -3.92. The number of hydrogen-bond acceptors (Lipinski definition) is 7. The molecule has 0 fully saturated rings. The molecule has 13 heteroatoms. The van der Waals surface area contributed by atoms with Crippen molar-refractivity contribution in [3.63, 3.8) is 0 Å². The number of carbonyl (C=O) groups is 2. The highest BCUT2D eigenvalue weighted by molar-refractivity contribution is 7.92. The number of carbonyl (C=O) groups excluding carboxylic acids is 2. The SMILES string of the molecule is CCCS(=O)(=O)Nc1ccc(F)c(C(=O)c2cn(COC(=O)CN)c3ncc(-c4ccc(Cl)cc4)cc23)c1F. The molecule has 2 aromatic heterocycles. The molecule has 2 heterocycles. The van der Waals surface area contributed by atoms with Gasteiger partial charge in [0.25, 0.3) is 0 Å². The van der Waals surface area contributed by atoms with Crippen LogP contribution in [0.4, 0.5) is 14.5 Å². The number of anilines is 1. The standard InChI is InChI=1S/C26H23ClF2N4O5S/c1-2-9-39(36,37)32-21-8-7-20(28)23(24(21)29)25(35)19-13-33(14-38-22(34)11-30)26-18(19)10-16(12-31-26)15-3-5-17(27)6-4-15/h3-8,10,12-13,32H,2,9,11,14,30H2,1H3. The van der Waals surface area contributed by atoms with Crippen LogP contribution in [0.3, 0.4) is 0 Å². The lowest BCUT2D eigenvalue weighted by molar-refractivity contribution is -0.145. The number of benzene rings is 2. The number of rotatable bonds is 10. The van der Waals surface area contributed by atoms with Crippen LogP contribution >= 0.6 is 11.6 Å². The summed E-state index contributed by atoms with van der Waals surface area (Å²) in [6.45, 7) is 0.882. The second-order valence-corrected chi connectivity index (χ2v) is 10.8. The molecule has 0 unspecified atom stereocenters. The highest BCUT2D eigenvalue weighted by Gasteiger charge is 2.27. The summed E-state index contributed by atoms with van der Waals surface area (Å²) in [6, 6.07) is 10.1. The Labute approximate surface area is 227 Å². The van der Waals surface area contributed by atoms with E-state index in [0.29, 0.717) is 16.1 Å². The molecule has 0 aliphatic carbocycles. The second-order valence-electron chi connectivity index (χ2n) is 8.50. The number of aromatic nitrogens is 2. The number of hydrogen-bond donors (Lipinski definition) is 2. The van der Waals surface area contributed by atoms with E-state index in [1.54, 1.807) is 37.3 Å².